The van der Waals surface area contributed by atoms with E-state index in [2.05, 4.69) is 10.6 Å². The van der Waals surface area contributed by atoms with E-state index in [1.54, 1.807) is 29.2 Å². The number of carboxylic acid groups (broad SMARTS) is 1. The molecule has 3 amide bonds. The summed E-state index contributed by atoms with van der Waals surface area (Å²) in [5, 5.41) is 13.1. The normalized spacial score (nSPS) is 13.4. The van der Waals surface area contributed by atoms with Crippen LogP contribution < -0.4 is 10.6 Å². The monoisotopic (exact) mass is 532 g/mol. The first-order valence-electron chi connectivity index (χ1n) is 11.9. The molecule has 1 heterocycles. The van der Waals surface area contributed by atoms with E-state index in [1.807, 2.05) is 18.7 Å². The van der Waals surface area contributed by atoms with E-state index in [0.717, 1.165) is 13.1 Å². The van der Waals surface area contributed by atoms with Crippen LogP contribution >= 0.6 is 0 Å². The zero-order valence-corrected chi connectivity index (χ0v) is 21.3. The fraction of sp³-hybridized carbons (Fsp3) is 0.583. The first-order chi connectivity index (χ1) is 17.3. The molecule has 0 bridgehead atoms. The maximum atomic E-state index is 13.1. The van der Waals surface area contributed by atoms with E-state index in [4.69, 9.17) is 14.6 Å². The number of amides is 3. The van der Waals surface area contributed by atoms with Gasteiger partial charge in [0.15, 0.2) is 0 Å². The Labute approximate surface area is 214 Å². The number of aliphatic carboxylic acids is 1. The number of carboxylic acids is 1. The number of carbonyl (C=O) groups is 4. The molecule has 0 spiro atoms. The molecule has 0 radical (unpaired) electrons. The summed E-state index contributed by atoms with van der Waals surface area (Å²) < 4.78 is 37.3. The summed E-state index contributed by atoms with van der Waals surface area (Å²) in [5.74, 6) is -2.96. The second-order valence-electron chi connectivity index (χ2n) is 8.51. The van der Waals surface area contributed by atoms with Gasteiger partial charge in [-0.15, -0.1) is 0 Å². The van der Waals surface area contributed by atoms with Crippen LogP contribution in [0.2, 0.25) is 0 Å². The summed E-state index contributed by atoms with van der Waals surface area (Å²) in [7, 11) is 0. The molecular formula is C24H35F3N4O6. The number of rotatable bonds is 10. The molecule has 208 valence electrons. The Balaban J connectivity index is 0.000000856. The third-order valence-corrected chi connectivity index (χ3v) is 5.07. The summed E-state index contributed by atoms with van der Waals surface area (Å²) >= 11 is 0. The Hall–Kier alpha value is -3.19. The van der Waals surface area contributed by atoms with Crippen molar-refractivity contribution in [3.63, 3.8) is 0 Å². The number of nitrogens with one attached hydrogen (secondary N) is 2. The largest absolute Gasteiger partial charge is 0.490 e. The number of benzene rings is 1. The quantitative estimate of drug-likeness (QED) is 0.395. The summed E-state index contributed by atoms with van der Waals surface area (Å²) in [6.07, 6.45) is -3.93. The van der Waals surface area contributed by atoms with Crippen molar-refractivity contribution in [2.24, 2.45) is 0 Å². The van der Waals surface area contributed by atoms with Gasteiger partial charge in [-0.05, 0) is 44.5 Å². The van der Waals surface area contributed by atoms with Crippen molar-refractivity contribution >= 4 is 29.4 Å². The zero-order chi connectivity index (χ0) is 28.0. The lowest BCUT2D eigenvalue weighted by atomic mass is 10.1. The molecule has 1 aliphatic heterocycles. The molecule has 0 saturated carbocycles. The standard InChI is InChI=1S/C22H34N4O4.C2HF3O2/c1-17(2)30-16-4-12-26(13-9-21(28)25-14-10-23-11-15-25)22(29)19-5-7-20(8-6-19)24-18(3)27;3-2(4,5)1(6)7/h5-8,17,23H,4,9-16H2,1-3H3,(H,24,27);(H,6,7). The zero-order valence-electron chi connectivity index (χ0n) is 21.3. The predicted molar refractivity (Wildman–Crippen MR) is 130 cm³/mol. The summed E-state index contributed by atoms with van der Waals surface area (Å²) in [5.41, 5.74) is 1.17. The van der Waals surface area contributed by atoms with Crippen molar-refractivity contribution in [1.29, 1.82) is 0 Å². The number of anilines is 1. The van der Waals surface area contributed by atoms with Gasteiger partial charge in [-0.2, -0.15) is 13.2 Å². The van der Waals surface area contributed by atoms with Crippen LogP contribution in [-0.2, 0) is 19.1 Å². The number of hydrogen-bond acceptors (Lipinski definition) is 6. The lowest BCUT2D eigenvalue weighted by Gasteiger charge is -2.29. The Bertz CT molecular complexity index is 887. The molecule has 10 nitrogen and oxygen atoms in total. The highest BCUT2D eigenvalue weighted by Gasteiger charge is 2.38. The second kappa shape index (κ2) is 15.8. The average Bonchev–Trinajstić information content (AvgIpc) is 2.83. The molecule has 0 aromatic heterocycles. The molecule has 1 aromatic rings. The Kier molecular flexibility index (Phi) is 13.6. The molecule has 0 aliphatic carbocycles. The lowest BCUT2D eigenvalue weighted by molar-refractivity contribution is -0.192. The molecule has 1 fully saturated rings. The minimum atomic E-state index is -5.08. The minimum Gasteiger partial charge on any atom is -0.475 e. The molecule has 2 rings (SSSR count). The van der Waals surface area contributed by atoms with Crippen LogP contribution in [0.5, 0.6) is 0 Å². The highest BCUT2D eigenvalue weighted by atomic mass is 19.4. The Morgan fingerprint density at radius 3 is 2.16 bits per heavy atom. The number of hydrogen-bond donors (Lipinski definition) is 3. The van der Waals surface area contributed by atoms with Crippen molar-refractivity contribution in [2.45, 2.75) is 45.9 Å². The van der Waals surface area contributed by atoms with Crippen LogP contribution in [0, 0.1) is 0 Å². The topological polar surface area (TPSA) is 128 Å². The van der Waals surface area contributed by atoms with Crippen molar-refractivity contribution in [1.82, 2.24) is 15.1 Å². The van der Waals surface area contributed by atoms with E-state index >= 15 is 0 Å². The summed E-state index contributed by atoms with van der Waals surface area (Å²) in [6.45, 7) is 9.88. The highest BCUT2D eigenvalue weighted by molar-refractivity contribution is 5.95. The van der Waals surface area contributed by atoms with E-state index in [1.165, 1.54) is 6.92 Å². The van der Waals surface area contributed by atoms with E-state index in [9.17, 15) is 27.6 Å². The molecule has 37 heavy (non-hydrogen) atoms. The molecule has 1 aliphatic rings. The highest BCUT2D eigenvalue weighted by Crippen LogP contribution is 2.14. The summed E-state index contributed by atoms with van der Waals surface area (Å²) in [4.78, 5) is 49.2. The van der Waals surface area contributed by atoms with Gasteiger partial charge in [-0.1, -0.05) is 0 Å². The first-order valence-corrected chi connectivity index (χ1v) is 11.9. The molecule has 13 heteroatoms. The second-order valence-corrected chi connectivity index (χ2v) is 8.51. The molecule has 1 saturated heterocycles. The van der Waals surface area contributed by atoms with Gasteiger partial charge in [0, 0.05) is 70.5 Å². The number of piperazine rings is 1. The van der Waals surface area contributed by atoms with Crippen LogP contribution in [0.4, 0.5) is 18.9 Å². The maximum absolute atomic E-state index is 13.1. The number of alkyl halides is 3. The number of halogens is 3. The van der Waals surface area contributed by atoms with Gasteiger partial charge < -0.3 is 30.3 Å². The molecule has 0 unspecified atom stereocenters. The predicted octanol–water partition coefficient (Wildman–Crippen LogP) is 2.36. The van der Waals surface area contributed by atoms with Gasteiger partial charge in [-0.3, -0.25) is 14.4 Å². The number of ether oxygens (including phenoxy) is 1. The van der Waals surface area contributed by atoms with E-state index in [-0.39, 0.29) is 23.8 Å². The van der Waals surface area contributed by atoms with Crippen LogP contribution in [0.15, 0.2) is 24.3 Å². The number of nitrogens with zero attached hydrogens (tertiary/aromatic N) is 2. The van der Waals surface area contributed by atoms with Gasteiger partial charge in [0.05, 0.1) is 6.10 Å². The van der Waals surface area contributed by atoms with Crippen LogP contribution in [0.1, 0.15) is 44.0 Å². The third-order valence-electron chi connectivity index (χ3n) is 5.07. The fourth-order valence-electron chi connectivity index (χ4n) is 3.27. The fourth-order valence-corrected chi connectivity index (χ4v) is 3.27. The molecule has 0 atom stereocenters. The van der Waals surface area contributed by atoms with Crippen molar-refractivity contribution in [3.05, 3.63) is 29.8 Å². The number of carbonyl (C=O) groups excluding carboxylic acids is 3. The summed E-state index contributed by atoms with van der Waals surface area (Å²) in [6, 6.07) is 6.81. The molecule has 3 N–H and O–H groups in total. The average molecular weight is 533 g/mol. The Morgan fingerprint density at radius 1 is 1.11 bits per heavy atom. The van der Waals surface area contributed by atoms with Gasteiger partial charge in [0.1, 0.15) is 0 Å². The van der Waals surface area contributed by atoms with Gasteiger partial charge in [-0.25, -0.2) is 4.79 Å². The molecular weight excluding hydrogens is 497 g/mol. The van der Waals surface area contributed by atoms with Crippen LogP contribution in [0.3, 0.4) is 0 Å². The van der Waals surface area contributed by atoms with Crippen LogP contribution in [-0.4, -0.2) is 96.8 Å². The van der Waals surface area contributed by atoms with Crippen LogP contribution in [0.25, 0.3) is 0 Å². The lowest BCUT2D eigenvalue weighted by Crippen LogP contribution is -2.47. The van der Waals surface area contributed by atoms with E-state index < -0.39 is 12.1 Å². The Morgan fingerprint density at radius 2 is 1.68 bits per heavy atom. The SMILES string of the molecule is CC(=O)Nc1ccc(C(=O)N(CCCOC(C)C)CCC(=O)N2CCNCC2)cc1.O=C(O)C(F)(F)F. The third kappa shape index (κ3) is 13.1. The van der Waals surface area contributed by atoms with Crippen molar-refractivity contribution < 1.29 is 42.2 Å². The van der Waals surface area contributed by atoms with Crippen molar-refractivity contribution in [3.8, 4) is 0 Å². The molecule has 1 aromatic carbocycles. The van der Waals surface area contributed by atoms with Gasteiger partial charge in [0.25, 0.3) is 5.91 Å². The van der Waals surface area contributed by atoms with Gasteiger partial charge in [0.2, 0.25) is 11.8 Å². The minimum absolute atomic E-state index is 0.0775. The van der Waals surface area contributed by atoms with Gasteiger partial charge >= 0.3 is 12.1 Å². The first kappa shape index (κ1) is 31.8. The van der Waals surface area contributed by atoms with Crippen molar-refractivity contribution in [2.75, 3.05) is 51.2 Å². The smallest absolute Gasteiger partial charge is 0.475 e. The maximum Gasteiger partial charge on any atom is 0.490 e. The van der Waals surface area contributed by atoms with E-state index in [0.29, 0.717) is 56.9 Å².